The smallest absolute Gasteiger partial charge is 0.0614 e. The van der Waals surface area contributed by atoms with Crippen molar-refractivity contribution in [3.63, 3.8) is 0 Å². The van der Waals surface area contributed by atoms with Crippen molar-refractivity contribution >= 4 is 11.8 Å². The van der Waals surface area contributed by atoms with Gasteiger partial charge in [-0.05, 0) is 38.9 Å². The van der Waals surface area contributed by atoms with Crippen LogP contribution in [0.5, 0.6) is 0 Å². The lowest BCUT2D eigenvalue weighted by molar-refractivity contribution is 0.341. The van der Waals surface area contributed by atoms with Crippen molar-refractivity contribution in [1.29, 1.82) is 0 Å². The molecular formula is C13H24OS. The van der Waals surface area contributed by atoms with Gasteiger partial charge < -0.3 is 5.11 Å². The molecule has 0 aromatic carbocycles. The van der Waals surface area contributed by atoms with Gasteiger partial charge in [0.1, 0.15) is 0 Å². The first-order valence-corrected chi connectivity index (χ1v) is 6.86. The average Bonchev–Trinajstić information content (AvgIpc) is 2.18. The molecule has 0 heterocycles. The van der Waals surface area contributed by atoms with Gasteiger partial charge in [-0.25, -0.2) is 0 Å². The number of hydrogen-bond donors (Lipinski definition) is 1. The van der Waals surface area contributed by atoms with Crippen LogP contribution < -0.4 is 0 Å². The van der Waals surface area contributed by atoms with Crippen molar-refractivity contribution in [2.24, 2.45) is 0 Å². The molecule has 0 fully saturated rings. The molecule has 0 saturated carbocycles. The van der Waals surface area contributed by atoms with Crippen molar-refractivity contribution in [3.8, 4) is 0 Å². The first-order chi connectivity index (χ1) is 7.20. The Bertz CT molecular complexity index is 207. The van der Waals surface area contributed by atoms with E-state index in [1.54, 1.807) is 0 Å². The van der Waals surface area contributed by atoms with Crippen LogP contribution in [0.1, 0.15) is 40.0 Å². The highest BCUT2D eigenvalue weighted by Gasteiger charge is 1.92. The van der Waals surface area contributed by atoms with E-state index in [0.717, 1.165) is 18.6 Å². The second-order valence-electron chi connectivity index (χ2n) is 3.87. The molecule has 0 aliphatic carbocycles. The molecule has 1 N–H and O–H groups in total. The van der Waals surface area contributed by atoms with Crippen LogP contribution in [0.3, 0.4) is 0 Å². The summed E-state index contributed by atoms with van der Waals surface area (Å²) in [7, 11) is 0. The third kappa shape index (κ3) is 10.1. The molecule has 0 spiro atoms. The Hall–Kier alpha value is -0.210. The van der Waals surface area contributed by atoms with Gasteiger partial charge >= 0.3 is 0 Å². The lowest BCUT2D eigenvalue weighted by atomic mass is 10.1. The molecule has 88 valence electrons. The fraction of sp³-hybridized carbons (Fsp3) is 0.692. The average molecular weight is 228 g/mol. The predicted molar refractivity (Wildman–Crippen MR) is 71.4 cm³/mol. The standard InChI is InChI=1S/C13H24OS/c1-4-10-15-11-13(3)7-5-6-12(2)8-9-14/h7-8,14H,4-6,9-11H2,1-3H3. The molecule has 1 nitrogen and oxygen atoms in total. The van der Waals surface area contributed by atoms with Gasteiger partial charge in [0, 0.05) is 5.75 Å². The lowest BCUT2D eigenvalue weighted by Gasteiger charge is -2.01. The molecule has 0 aliphatic heterocycles. The van der Waals surface area contributed by atoms with Crippen LogP contribution in [0.15, 0.2) is 23.3 Å². The first-order valence-electron chi connectivity index (χ1n) is 5.70. The van der Waals surface area contributed by atoms with Crippen molar-refractivity contribution in [2.75, 3.05) is 18.1 Å². The largest absolute Gasteiger partial charge is 0.392 e. The quantitative estimate of drug-likeness (QED) is 0.504. The third-order valence-electron chi connectivity index (χ3n) is 2.15. The summed E-state index contributed by atoms with van der Waals surface area (Å²) in [5.41, 5.74) is 2.76. The number of allylic oxidation sites excluding steroid dienone is 2. The lowest BCUT2D eigenvalue weighted by Crippen LogP contribution is -1.85. The van der Waals surface area contributed by atoms with Crippen LogP contribution in [0, 0.1) is 0 Å². The fourth-order valence-electron chi connectivity index (χ4n) is 1.24. The van der Waals surface area contributed by atoms with Crippen molar-refractivity contribution < 1.29 is 5.11 Å². The second kappa shape index (κ2) is 10.3. The Morgan fingerprint density at radius 1 is 1.20 bits per heavy atom. The van der Waals surface area contributed by atoms with E-state index in [-0.39, 0.29) is 6.61 Å². The summed E-state index contributed by atoms with van der Waals surface area (Å²) in [4.78, 5) is 0. The molecule has 0 radical (unpaired) electrons. The minimum Gasteiger partial charge on any atom is -0.392 e. The van der Waals surface area contributed by atoms with Crippen molar-refractivity contribution in [1.82, 2.24) is 0 Å². The molecular weight excluding hydrogens is 204 g/mol. The van der Waals surface area contributed by atoms with Gasteiger partial charge in [0.25, 0.3) is 0 Å². The maximum absolute atomic E-state index is 8.69. The summed E-state index contributed by atoms with van der Waals surface area (Å²) < 4.78 is 0. The Morgan fingerprint density at radius 3 is 2.53 bits per heavy atom. The summed E-state index contributed by atoms with van der Waals surface area (Å²) in [5.74, 6) is 2.42. The molecule has 0 atom stereocenters. The van der Waals surface area contributed by atoms with Crippen molar-refractivity contribution in [3.05, 3.63) is 23.3 Å². The van der Waals surface area contributed by atoms with Crippen LogP contribution in [0.25, 0.3) is 0 Å². The van der Waals surface area contributed by atoms with Crippen LogP contribution in [0.2, 0.25) is 0 Å². The van der Waals surface area contributed by atoms with Crippen LogP contribution in [0.4, 0.5) is 0 Å². The zero-order valence-electron chi connectivity index (χ0n) is 10.3. The van der Waals surface area contributed by atoms with Crippen LogP contribution in [-0.2, 0) is 0 Å². The van der Waals surface area contributed by atoms with Gasteiger partial charge in [-0.1, -0.05) is 30.2 Å². The van der Waals surface area contributed by atoms with E-state index in [0.29, 0.717) is 0 Å². The van der Waals surface area contributed by atoms with E-state index >= 15 is 0 Å². The number of hydrogen-bond acceptors (Lipinski definition) is 2. The van der Waals surface area contributed by atoms with Gasteiger partial charge in [-0.15, -0.1) is 0 Å². The molecule has 0 rings (SSSR count). The summed E-state index contributed by atoms with van der Waals surface area (Å²) >= 11 is 2.01. The van der Waals surface area contributed by atoms with Gasteiger partial charge in [0.15, 0.2) is 0 Å². The summed E-state index contributed by atoms with van der Waals surface area (Å²) in [6, 6.07) is 0. The predicted octanol–water partition coefficient (Wildman–Crippen LogP) is 3.79. The minimum absolute atomic E-state index is 0.168. The summed E-state index contributed by atoms with van der Waals surface area (Å²) in [5, 5.41) is 8.69. The SMILES string of the molecule is CCCSCC(C)=CCCC(C)=CCO. The molecule has 0 saturated heterocycles. The maximum atomic E-state index is 8.69. The molecule has 0 amide bonds. The van der Waals surface area contributed by atoms with E-state index in [2.05, 4.69) is 26.8 Å². The molecule has 0 bridgehead atoms. The Balaban J connectivity index is 3.62. The zero-order valence-corrected chi connectivity index (χ0v) is 11.1. The van der Waals surface area contributed by atoms with Gasteiger partial charge in [0.2, 0.25) is 0 Å². The number of aliphatic hydroxyl groups excluding tert-OH is 1. The topological polar surface area (TPSA) is 20.2 Å². The zero-order chi connectivity index (χ0) is 11.5. The molecule has 0 aromatic heterocycles. The van der Waals surface area contributed by atoms with E-state index in [1.165, 1.54) is 23.3 Å². The number of rotatable bonds is 8. The Kier molecular flexibility index (Phi) is 10.2. The highest BCUT2D eigenvalue weighted by Crippen LogP contribution is 2.11. The molecule has 2 heteroatoms. The molecule has 0 aromatic rings. The van der Waals surface area contributed by atoms with Gasteiger partial charge in [0.05, 0.1) is 6.61 Å². The monoisotopic (exact) mass is 228 g/mol. The molecule has 15 heavy (non-hydrogen) atoms. The number of thioether (sulfide) groups is 1. The maximum Gasteiger partial charge on any atom is 0.0614 e. The minimum atomic E-state index is 0.168. The highest BCUT2D eigenvalue weighted by atomic mass is 32.2. The van der Waals surface area contributed by atoms with Crippen LogP contribution >= 0.6 is 11.8 Å². The van der Waals surface area contributed by atoms with E-state index < -0.39 is 0 Å². The van der Waals surface area contributed by atoms with Gasteiger partial charge in [-0.2, -0.15) is 11.8 Å². The van der Waals surface area contributed by atoms with E-state index in [1.807, 2.05) is 17.8 Å². The van der Waals surface area contributed by atoms with Crippen molar-refractivity contribution in [2.45, 2.75) is 40.0 Å². The highest BCUT2D eigenvalue weighted by molar-refractivity contribution is 7.99. The number of aliphatic hydroxyl groups is 1. The summed E-state index contributed by atoms with van der Waals surface area (Å²) in [6.07, 6.45) is 7.62. The Morgan fingerprint density at radius 2 is 1.93 bits per heavy atom. The van der Waals surface area contributed by atoms with E-state index in [9.17, 15) is 0 Å². The van der Waals surface area contributed by atoms with E-state index in [4.69, 9.17) is 5.11 Å². The van der Waals surface area contributed by atoms with Crippen LogP contribution in [-0.4, -0.2) is 23.2 Å². The fourth-order valence-corrected chi connectivity index (χ4v) is 2.11. The normalized spacial score (nSPS) is 13.3. The first kappa shape index (κ1) is 14.8. The Labute approximate surface area is 98.7 Å². The molecule has 0 aliphatic rings. The third-order valence-corrected chi connectivity index (χ3v) is 3.51. The summed E-state index contributed by atoms with van der Waals surface area (Å²) in [6.45, 7) is 6.66. The second-order valence-corrected chi connectivity index (χ2v) is 4.98. The molecule has 0 unspecified atom stereocenters. The van der Waals surface area contributed by atoms with Gasteiger partial charge in [-0.3, -0.25) is 0 Å².